The number of hydrogen-bond acceptors (Lipinski definition) is 3. The Morgan fingerprint density at radius 1 is 1.24 bits per heavy atom. The topological polar surface area (TPSA) is 64.3 Å². The molecule has 3 N–H and O–H groups in total. The van der Waals surface area contributed by atoms with Gasteiger partial charge < -0.3 is 15.8 Å². The summed E-state index contributed by atoms with van der Waals surface area (Å²) in [7, 11) is 0. The largest absolute Gasteiger partial charge is 0.489 e. The molecule has 110 valence electrons. The van der Waals surface area contributed by atoms with Crippen LogP contribution in [0.15, 0.2) is 42.5 Å². The molecular weight excluding hydrogens is 271 g/mol. The molecule has 0 aliphatic heterocycles. The highest BCUT2D eigenvalue weighted by atomic mass is 19.1. The quantitative estimate of drug-likeness (QED) is 0.847. The highest BCUT2D eigenvalue weighted by Gasteiger charge is 2.13. The molecule has 0 bridgehead atoms. The van der Waals surface area contributed by atoms with Gasteiger partial charge in [-0.05, 0) is 44.2 Å². The fourth-order valence-corrected chi connectivity index (χ4v) is 1.86. The summed E-state index contributed by atoms with van der Waals surface area (Å²) in [6.07, 6.45) is -0.0149. The molecule has 0 aliphatic carbocycles. The first kappa shape index (κ1) is 14.8. The van der Waals surface area contributed by atoms with Crippen molar-refractivity contribution in [3.63, 3.8) is 0 Å². The van der Waals surface area contributed by atoms with Crippen molar-refractivity contribution in [1.29, 1.82) is 0 Å². The van der Waals surface area contributed by atoms with Crippen LogP contribution in [0, 0.1) is 5.82 Å². The van der Waals surface area contributed by atoms with Crippen molar-refractivity contribution in [2.45, 2.75) is 20.0 Å². The van der Waals surface area contributed by atoms with Crippen molar-refractivity contribution in [1.82, 2.24) is 0 Å². The lowest BCUT2D eigenvalue weighted by atomic mass is 10.1. The molecule has 2 rings (SSSR count). The van der Waals surface area contributed by atoms with E-state index in [0.29, 0.717) is 11.4 Å². The summed E-state index contributed by atoms with van der Waals surface area (Å²) in [6.45, 7) is 3.80. The predicted molar refractivity (Wildman–Crippen MR) is 81.0 cm³/mol. The molecule has 5 heteroatoms. The molecule has 0 aliphatic rings. The average Bonchev–Trinajstić information content (AvgIpc) is 2.40. The van der Waals surface area contributed by atoms with E-state index in [-0.39, 0.29) is 17.4 Å². The van der Waals surface area contributed by atoms with E-state index in [1.807, 2.05) is 19.9 Å². The number of nitrogens with two attached hydrogens (primary N) is 1. The van der Waals surface area contributed by atoms with Gasteiger partial charge in [0.25, 0.3) is 5.91 Å². The molecule has 2 aromatic rings. The van der Waals surface area contributed by atoms with Gasteiger partial charge in [0.2, 0.25) is 0 Å². The van der Waals surface area contributed by atoms with Crippen LogP contribution in [0.5, 0.6) is 5.75 Å². The van der Waals surface area contributed by atoms with Gasteiger partial charge in [-0.2, -0.15) is 0 Å². The van der Waals surface area contributed by atoms with Crippen molar-refractivity contribution in [3.8, 4) is 5.75 Å². The van der Waals surface area contributed by atoms with Crippen LogP contribution in [0.2, 0.25) is 0 Å². The normalized spacial score (nSPS) is 10.5. The molecule has 0 saturated carbocycles. The summed E-state index contributed by atoms with van der Waals surface area (Å²) in [5.41, 5.74) is 6.51. The van der Waals surface area contributed by atoms with Crippen LogP contribution in [0.3, 0.4) is 0 Å². The Labute approximate surface area is 122 Å². The van der Waals surface area contributed by atoms with Crippen molar-refractivity contribution >= 4 is 17.3 Å². The van der Waals surface area contributed by atoms with Gasteiger partial charge >= 0.3 is 0 Å². The van der Waals surface area contributed by atoms with Crippen LogP contribution < -0.4 is 15.8 Å². The summed E-state index contributed by atoms with van der Waals surface area (Å²) < 4.78 is 18.6. The van der Waals surface area contributed by atoms with Gasteiger partial charge in [-0.15, -0.1) is 0 Å². The monoisotopic (exact) mass is 288 g/mol. The van der Waals surface area contributed by atoms with E-state index in [9.17, 15) is 9.18 Å². The lowest BCUT2D eigenvalue weighted by molar-refractivity contribution is 0.102. The fraction of sp³-hybridized carbons (Fsp3) is 0.188. The zero-order chi connectivity index (χ0) is 15.4. The van der Waals surface area contributed by atoms with E-state index in [0.717, 1.165) is 6.07 Å². The van der Waals surface area contributed by atoms with Gasteiger partial charge in [-0.3, -0.25) is 4.79 Å². The molecular formula is C16H17FN2O2. The van der Waals surface area contributed by atoms with Crippen molar-refractivity contribution < 1.29 is 13.9 Å². The molecule has 0 spiro atoms. The number of amides is 1. The second kappa shape index (κ2) is 6.26. The number of para-hydroxylation sites is 2. The van der Waals surface area contributed by atoms with Crippen molar-refractivity contribution in [3.05, 3.63) is 53.8 Å². The third kappa shape index (κ3) is 3.72. The molecule has 4 nitrogen and oxygen atoms in total. The SMILES string of the molecule is CC(C)Oc1ccccc1NC(=O)c1ccc(F)cc1N. The van der Waals surface area contributed by atoms with E-state index in [1.54, 1.807) is 18.2 Å². The minimum absolute atomic E-state index is 0.0149. The van der Waals surface area contributed by atoms with Crippen LogP contribution >= 0.6 is 0 Å². The molecule has 0 heterocycles. The number of anilines is 2. The van der Waals surface area contributed by atoms with E-state index in [4.69, 9.17) is 10.5 Å². The third-order valence-corrected chi connectivity index (χ3v) is 2.76. The minimum Gasteiger partial charge on any atom is -0.489 e. The molecule has 0 unspecified atom stereocenters. The van der Waals surface area contributed by atoms with Crippen LogP contribution in [-0.2, 0) is 0 Å². The lowest BCUT2D eigenvalue weighted by Crippen LogP contribution is -2.16. The standard InChI is InChI=1S/C16H17FN2O2/c1-10(2)21-15-6-4-3-5-14(15)19-16(20)12-8-7-11(17)9-13(12)18/h3-10H,18H2,1-2H3,(H,19,20). The molecule has 0 radical (unpaired) electrons. The first-order valence-corrected chi connectivity index (χ1v) is 6.59. The molecule has 0 fully saturated rings. The van der Waals surface area contributed by atoms with Crippen molar-refractivity contribution in [2.75, 3.05) is 11.1 Å². The Morgan fingerprint density at radius 2 is 1.95 bits per heavy atom. The van der Waals surface area contributed by atoms with Crippen LogP contribution in [0.4, 0.5) is 15.8 Å². The van der Waals surface area contributed by atoms with Crippen LogP contribution in [0.25, 0.3) is 0 Å². The number of carbonyl (C=O) groups is 1. The second-order valence-electron chi connectivity index (χ2n) is 4.85. The number of ether oxygens (including phenoxy) is 1. The maximum atomic E-state index is 13.0. The maximum absolute atomic E-state index is 13.0. The number of rotatable bonds is 4. The lowest BCUT2D eigenvalue weighted by Gasteiger charge is -2.15. The number of nitrogen functional groups attached to an aromatic ring is 1. The zero-order valence-electron chi connectivity index (χ0n) is 11.9. The number of nitrogens with one attached hydrogen (secondary N) is 1. The second-order valence-corrected chi connectivity index (χ2v) is 4.85. The van der Waals surface area contributed by atoms with Crippen LogP contribution in [-0.4, -0.2) is 12.0 Å². The molecule has 0 saturated heterocycles. The summed E-state index contributed by atoms with van der Waals surface area (Å²) >= 11 is 0. The number of hydrogen-bond donors (Lipinski definition) is 2. The summed E-state index contributed by atoms with van der Waals surface area (Å²) in [5, 5.41) is 2.73. The number of halogens is 1. The van der Waals surface area contributed by atoms with Gasteiger partial charge in [0, 0.05) is 5.69 Å². The van der Waals surface area contributed by atoms with Gasteiger partial charge in [-0.1, -0.05) is 12.1 Å². The van der Waals surface area contributed by atoms with Gasteiger partial charge in [-0.25, -0.2) is 4.39 Å². The Bertz CT molecular complexity index is 656. The molecule has 0 atom stereocenters. The first-order valence-electron chi connectivity index (χ1n) is 6.59. The van der Waals surface area contributed by atoms with E-state index in [1.165, 1.54) is 12.1 Å². The van der Waals surface area contributed by atoms with E-state index in [2.05, 4.69) is 5.32 Å². The van der Waals surface area contributed by atoms with E-state index < -0.39 is 11.7 Å². The molecule has 0 aromatic heterocycles. The van der Waals surface area contributed by atoms with Gasteiger partial charge in [0.05, 0.1) is 17.4 Å². The first-order chi connectivity index (χ1) is 9.97. The smallest absolute Gasteiger partial charge is 0.257 e. The maximum Gasteiger partial charge on any atom is 0.257 e. The Balaban J connectivity index is 2.23. The fourth-order valence-electron chi connectivity index (χ4n) is 1.86. The van der Waals surface area contributed by atoms with Gasteiger partial charge in [0.15, 0.2) is 0 Å². The Morgan fingerprint density at radius 3 is 2.62 bits per heavy atom. The summed E-state index contributed by atoms with van der Waals surface area (Å²) in [6, 6.07) is 10.8. The van der Waals surface area contributed by atoms with Crippen LogP contribution in [0.1, 0.15) is 24.2 Å². The number of carbonyl (C=O) groups excluding carboxylic acids is 1. The molecule has 21 heavy (non-hydrogen) atoms. The Hall–Kier alpha value is -2.56. The summed E-state index contributed by atoms with van der Waals surface area (Å²) in [4.78, 5) is 12.2. The molecule has 1 amide bonds. The third-order valence-electron chi connectivity index (χ3n) is 2.76. The Kier molecular flexibility index (Phi) is 4.42. The number of benzene rings is 2. The van der Waals surface area contributed by atoms with E-state index >= 15 is 0 Å². The average molecular weight is 288 g/mol. The minimum atomic E-state index is -0.479. The van der Waals surface area contributed by atoms with Gasteiger partial charge in [0.1, 0.15) is 11.6 Å². The zero-order valence-corrected chi connectivity index (χ0v) is 11.9. The highest BCUT2D eigenvalue weighted by molar-refractivity contribution is 6.08. The highest BCUT2D eigenvalue weighted by Crippen LogP contribution is 2.26. The molecule has 2 aromatic carbocycles. The summed E-state index contributed by atoms with van der Waals surface area (Å²) in [5.74, 6) is -0.318. The predicted octanol–water partition coefficient (Wildman–Crippen LogP) is 3.45. The van der Waals surface area contributed by atoms with Crippen molar-refractivity contribution in [2.24, 2.45) is 0 Å².